The molecule has 1 aliphatic rings. The van der Waals surface area contributed by atoms with E-state index < -0.39 is 0 Å². The van der Waals surface area contributed by atoms with Gasteiger partial charge in [-0.25, -0.2) is 4.98 Å². The Morgan fingerprint density at radius 2 is 1.93 bits per heavy atom. The number of benzene rings is 2. The summed E-state index contributed by atoms with van der Waals surface area (Å²) < 4.78 is 7.57. The number of nitrogens with zero attached hydrogens (tertiary/aromatic N) is 3. The lowest BCUT2D eigenvalue weighted by atomic mass is 10.1. The van der Waals surface area contributed by atoms with Crippen molar-refractivity contribution in [1.29, 1.82) is 0 Å². The quantitative estimate of drug-likeness (QED) is 0.682. The van der Waals surface area contributed by atoms with Crippen LogP contribution in [0, 0.1) is 0 Å². The van der Waals surface area contributed by atoms with Gasteiger partial charge in [-0.2, -0.15) is 0 Å². The highest BCUT2D eigenvalue weighted by Gasteiger charge is 2.27. The monoisotopic (exact) mass is 406 g/mol. The molecule has 0 unspecified atom stereocenters. The number of carbonyl (C=O) groups excluding carboxylic acids is 2. The van der Waals surface area contributed by atoms with Gasteiger partial charge in [-0.15, -0.1) is 0 Å². The van der Waals surface area contributed by atoms with Gasteiger partial charge in [0.05, 0.1) is 17.1 Å². The minimum Gasteiger partial charge on any atom is -0.491 e. The molecule has 0 fully saturated rings. The van der Waals surface area contributed by atoms with Crippen molar-refractivity contribution >= 4 is 22.8 Å². The first-order valence-corrected chi connectivity index (χ1v) is 10.3. The van der Waals surface area contributed by atoms with Gasteiger partial charge in [-0.3, -0.25) is 9.59 Å². The molecular formula is C23H26N4O3. The third-order valence-corrected chi connectivity index (χ3v) is 5.21. The van der Waals surface area contributed by atoms with E-state index in [4.69, 9.17) is 4.74 Å². The van der Waals surface area contributed by atoms with Crippen molar-refractivity contribution in [3.8, 4) is 5.75 Å². The number of amides is 2. The molecule has 4 rings (SSSR count). The van der Waals surface area contributed by atoms with Gasteiger partial charge in [0.2, 0.25) is 0 Å². The fourth-order valence-corrected chi connectivity index (χ4v) is 3.67. The van der Waals surface area contributed by atoms with E-state index in [1.807, 2.05) is 55.7 Å². The molecule has 2 aromatic carbocycles. The molecule has 1 aromatic heterocycles. The Morgan fingerprint density at radius 1 is 1.17 bits per heavy atom. The molecule has 7 nitrogen and oxygen atoms in total. The van der Waals surface area contributed by atoms with Gasteiger partial charge in [0.1, 0.15) is 5.75 Å². The molecule has 2 heterocycles. The average molecular weight is 406 g/mol. The summed E-state index contributed by atoms with van der Waals surface area (Å²) in [6.45, 7) is 8.41. The summed E-state index contributed by atoms with van der Waals surface area (Å²) in [7, 11) is 0. The van der Waals surface area contributed by atoms with Crippen LogP contribution < -0.4 is 10.1 Å². The topological polar surface area (TPSA) is 76.5 Å². The maximum Gasteiger partial charge on any atom is 0.289 e. The van der Waals surface area contributed by atoms with Crippen LogP contribution in [0.15, 0.2) is 42.5 Å². The molecule has 0 radical (unpaired) electrons. The van der Waals surface area contributed by atoms with Crippen molar-refractivity contribution < 1.29 is 14.3 Å². The third kappa shape index (κ3) is 3.87. The average Bonchev–Trinajstić information content (AvgIpc) is 3.12. The minimum atomic E-state index is -0.174. The Balaban J connectivity index is 1.47. The highest BCUT2D eigenvalue weighted by Crippen LogP contribution is 2.22. The molecule has 0 spiro atoms. The molecule has 1 aliphatic heterocycles. The lowest BCUT2D eigenvalue weighted by Crippen LogP contribution is -2.40. The van der Waals surface area contributed by atoms with Gasteiger partial charge in [0, 0.05) is 31.7 Å². The molecule has 0 saturated heterocycles. The van der Waals surface area contributed by atoms with Crippen LogP contribution in [0.4, 0.5) is 0 Å². The van der Waals surface area contributed by atoms with E-state index in [9.17, 15) is 9.59 Å². The van der Waals surface area contributed by atoms with Gasteiger partial charge in [0.15, 0.2) is 5.82 Å². The van der Waals surface area contributed by atoms with Crippen molar-refractivity contribution in [2.75, 3.05) is 13.1 Å². The van der Waals surface area contributed by atoms with E-state index in [1.165, 1.54) is 0 Å². The number of ether oxygens (including phenoxy) is 1. The van der Waals surface area contributed by atoms with Gasteiger partial charge >= 0.3 is 0 Å². The summed E-state index contributed by atoms with van der Waals surface area (Å²) in [5, 5.41) is 2.94. The summed E-state index contributed by atoms with van der Waals surface area (Å²) in [5.74, 6) is 1.02. The van der Waals surface area contributed by atoms with Crippen LogP contribution in [-0.2, 0) is 13.1 Å². The zero-order chi connectivity index (χ0) is 21.3. The second kappa shape index (κ2) is 8.18. The summed E-state index contributed by atoms with van der Waals surface area (Å²) >= 11 is 0. The largest absolute Gasteiger partial charge is 0.491 e. The van der Waals surface area contributed by atoms with Crippen molar-refractivity contribution in [3.63, 3.8) is 0 Å². The lowest BCUT2D eigenvalue weighted by molar-refractivity contribution is 0.0709. The standard InChI is InChI=1S/C23H26N4O3/c1-4-26-11-12-27-20-10-7-17(13-19(20)25-21(27)23(26)29)22(28)24-14-16-5-8-18(9-6-16)30-15(2)3/h5-10,13,15H,4,11-12,14H2,1-3H3,(H,24,28). The zero-order valence-electron chi connectivity index (χ0n) is 17.5. The molecule has 1 N–H and O–H groups in total. The maximum atomic E-state index is 12.6. The SMILES string of the molecule is CCN1CCn2c(nc3cc(C(=O)NCc4ccc(OC(C)C)cc4)ccc32)C1=O. The number of hydrogen-bond acceptors (Lipinski definition) is 4. The lowest BCUT2D eigenvalue weighted by Gasteiger charge is -2.26. The molecule has 0 saturated carbocycles. The van der Waals surface area contributed by atoms with Crippen LogP contribution in [0.2, 0.25) is 0 Å². The van der Waals surface area contributed by atoms with Gasteiger partial charge in [0.25, 0.3) is 11.8 Å². The molecule has 0 bridgehead atoms. The summed E-state index contributed by atoms with van der Waals surface area (Å²) in [5.41, 5.74) is 3.06. The fourth-order valence-electron chi connectivity index (χ4n) is 3.67. The molecule has 156 valence electrons. The van der Waals surface area contributed by atoms with E-state index >= 15 is 0 Å². The number of aromatic nitrogens is 2. The number of hydrogen-bond donors (Lipinski definition) is 1. The van der Waals surface area contributed by atoms with Gasteiger partial charge in [-0.05, 0) is 56.7 Å². The Bertz CT molecular complexity index is 1090. The minimum absolute atomic E-state index is 0.0594. The first-order valence-electron chi connectivity index (χ1n) is 10.3. The molecule has 2 amide bonds. The Labute approximate surface area is 175 Å². The van der Waals surface area contributed by atoms with Crippen molar-refractivity contribution in [3.05, 3.63) is 59.4 Å². The van der Waals surface area contributed by atoms with Crippen molar-refractivity contribution in [1.82, 2.24) is 19.8 Å². The van der Waals surface area contributed by atoms with Crippen LogP contribution in [0.1, 0.15) is 47.3 Å². The zero-order valence-corrected chi connectivity index (χ0v) is 17.5. The molecule has 30 heavy (non-hydrogen) atoms. The highest BCUT2D eigenvalue weighted by molar-refractivity contribution is 6.00. The number of carbonyl (C=O) groups is 2. The Hall–Kier alpha value is -3.35. The van der Waals surface area contributed by atoms with E-state index in [0.29, 0.717) is 43.1 Å². The van der Waals surface area contributed by atoms with Crippen LogP contribution in [-0.4, -0.2) is 45.5 Å². The predicted molar refractivity (Wildman–Crippen MR) is 115 cm³/mol. The van der Waals surface area contributed by atoms with E-state index in [-0.39, 0.29) is 17.9 Å². The molecule has 3 aromatic rings. The number of likely N-dealkylation sites (N-methyl/N-ethyl adjacent to an activating group) is 1. The summed E-state index contributed by atoms with van der Waals surface area (Å²) in [6, 6.07) is 13.1. The first-order chi connectivity index (χ1) is 14.5. The van der Waals surface area contributed by atoms with Gasteiger partial charge in [-0.1, -0.05) is 12.1 Å². The number of nitrogens with one attached hydrogen (secondary N) is 1. The Kier molecular flexibility index (Phi) is 5.44. The maximum absolute atomic E-state index is 12.6. The van der Waals surface area contributed by atoms with E-state index in [0.717, 1.165) is 16.8 Å². The number of fused-ring (bicyclic) bond motifs is 3. The van der Waals surface area contributed by atoms with Crippen LogP contribution in [0.3, 0.4) is 0 Å². The first kappa shape index (κ1) is 19.9. The molecular weight excluding hydrogens is 380 g/mol. The normalized spacial score (nSPS) is 13.6. The number of rotatable bonds is 6. The summed E-state index contributed by atoms with van der Waals surface area (Å²) in [6.07, 6.45) is 0.124. The third-order valence-electron chi connectivity index (χ3n) is 5.21. The van der Waals surface area contributed by atoms with Crippen molar-refractivity contribution in [2.24, 2.45) is 0 Å². The smallest absolute Gasteiger partial charge is 0.289 e. The Morgan fingerprint density at radius 3 is 2.63 bits per heavy atom. The summed E-state index contributed by atoms with van der Waals surface area (Å²) in [4.78, 5) is 31.5. The highest BCUT2D eigenvalue weighted by atomic mass is 16.5. The van der Waals surface area contributed by atoms with E-state index in [2.05, 4.69) is 10.3 Å². The second-order valence-electron chi connectivity index (χ2n) is 7.67. The van der Waals surface area contributed by atoms with Crippen molar-refractivity contribution in [2.45, 2.75) is 40.0 Å². The molecule has 0 aliphatic carbocycles. The predicted octanol–water partition coefficient (Wildman–Crippen LogP) is 3.23. The number of imidazole rings is 1. The van der Waals surface area contributed by atoms with Crippen LogP contribution >= 0.6 is 0 Å². The van der Waals surface area contributed by atoms with Crippen LogP contribution in [0.25, 0.3) is 11.0 Å². The van der Waals surface area contributed by atoms with E-state index in [1.54, 1.807) is 17.0 Å². The van der Waals surface area contributed by atoms with Crippen LogP contribution in [0.5, 0.6) is 5.75 Å². The molecule has 7 heteroatoms. The van der Waals surface area contributed by atoms with Gasteiger partial charge < -0.3 is 19.5 Å². The fraction of sp³-hybridized carbons (Fsp3) is 0.348. The second-order valence-corrected chi connectivity index (χ2v) is 7.67. The molecule has 0 atom stereocenters.